The lowest BCUT2D eigenvalue weighted by Gasteiger charge is -2.34. The zero-order valence-corrected chi connectivity index (χ0v) is 14.3. The summed E-state index contributed by atoms with van der Waals surface area (Å²) < 4.78 is 0. The molecule has 0 atom stereocenters. The number of nitrogens with zero attached hydrogens (tertiary/aromatic N) is 2. The first-order chi connectivity index (χ1) is 9.95. The van der Waals surface area contributed by atoms with Gasteiger partial charge in [0.2, 0.25) is 0 Å². The normalized spacial score (nSPS) is 22.6. The second-order valence-electron chi connectivity index (χ2n) is 7.04. The molecule has 1 heterocycles. The van der Waals surface area contributed by atoms with E-state index in [1.54, 1.807) is 0 Å². The van der Waals surface area contributed by atoms with Crippen LogP contribution in [0.3, 0.4) is 0 Å². The fourth-order valence-corrected chi connectivity index (χ4v) is 3.14. The second kappa shape index (κ2) is 7.26. The van der Waals surface area contributed by atoms with Crippen molar-refractivity contribution < 1.29 is 0 Å². The van der Waals surface area contributed by atoms with Crippen LogP contribution in [0.25, 0.3) is 0 Å². The minimum atomic E-state index is 0.513. The van der Waals surface area contributed by atoms with E-state index in [1.165, 1.54) is 31.2 Å². The third-order valence-electron chi connectivity index (χ3n) is 4.61. The van der Waals surface area contributed by atoms with Crippen molar-refractivity contribution in [2.75, 3.05) is 11.9 Å². The first-order valence-corrected chi connectivity index (χ1v) is 8.39. The van der Waals surface area contributed by atoms with Gasteiger partial charge in [0.1, 0.15) is 5.82 Å². The zero-order chi connectivity index (χ0) is 15.4. The van der Waals surface area contributed by atoms with E-state index in [4.69, 9.17) is 4.98 Å². The largest absolute Gasteiger partial charge is 0.357 e. The third kappa shape index (κ3) is 4.70. The van der Waals surface area contributed by atoms with Gasteiger partial charge in [0.15, 0.2) is 0 Å². The molecule has 118 valence electrons. The Hall–Kier alpha value is -1.09. The highest BCUT2D eigenvalue weighted by atomic mass is 15.2. The molecule has 0 bridgehead atoms. The average molecular weight is 289 g/mol. The molecule has 0 aliphatic heterocycles. The van der Waals surface area contributed by atoms with Crippen LogP contribution in [0.1, 0.15) is 57.7 Å². The zero-order valence-electron chi connectivity index (χ0n) is 14.3. The Morgan fingerprint density at radius 2 is 1.90 bits per heavy atom. The number of nitrogens with one attached hydrogen (secondary N) is 1. The lowest BCUT2D eigenvalue weighted by molar-refractivity contribution is 0.340. The standard InChI is InChI=1S/C18H31N3/c1-13(2)19-12-16-10-15(4)20-18(11-16)21(5)17-8-6-14(3)7-9-17/h10-11,13-14,17,19H,6-9,12H2,1-5H3. The van der Waals surface area contributed by atoms with Crippen molar-refractivity contribution in [1.82, 2.24) is 10.3 Å². The van der Waals surface area contributed by atoms with E-state index in [2.05, 4.69) is 57.1 Å². The van der Waals surface area contributed by atoms with Crippen molar-refractivity contribution in [3.05, 3.63) is 23.4 Å². The smallest absolute Gasteiger partial charge is 0.129 e. The van der Waals surface area contributed by atoms with Gasteiger partial charge in [-0.25, -0.2) is 4.98 Å². The molecule has 0 amide bonds. The molecule has 2 rings (SSSR count). The summed E-state index contributed by atoms with van der Waals surface area (Å²) in [4.78, 5) is 7.15. The maximum absolute atomic E-state index is 4.75. The van der Waals surface area contributed by atoms with E-state index in [-0.39, 0.29) is 0 Å². The van der Waals surface area contributed by atoms with Gasteiger partial charge in [-0.3, -0.25) is 0 Å². The minimum Gasteiger partial charge on any atom is -0.357 e. The van der Waals surface area contributed by atoms with Gasteiger partial charge in [-0.15, -0.1) is 0 Å². The number of pyridine rings is 1. The summed E-state index contributed by atoms with van der Waals surface area (Å²) in [7, 11) is 2.21. The summed E-state index contributed by atoms with van der Waals surface area (Å²) in [5.74, 6) is 2.03. The molecule has 0 spiro atoms. The van der Waals surface area contributed by atoms with Gasteiger partial charge in [-0.05, 0) is 56.2 Å². The van der Waals surface area contributed by atoms with Crippen molar-refractivity contribution in [1.29, 1.82) is 0 Å². The molecular formula is C18H31N3. The summed E-state index contributed by atoms with van der Waals surface area (Å²) in [5, 5.41) is 3.49. The Bertz CT molecular complexity index is 448. The van der Waals surface area contributed by atoms with Crippen LogP contribution in [0.15, 0.2) is 12.1 Å². The monoisotopic (exact) mass is 289 g/mol. The van der Waals surface area contributed by atoms with Gasteiger partial charge < -0.3 is 10.2 Å². The van der Waals surface area contributed by atoms with Gasteiger partial charge in [-0.1, -0.05) is 20.8 Å². The van der Waals surface area contributed by atoms with E-state index in [1.807, 2.05) is 0 Å². The molecule has 0 radical (unpaired) electrons. The van der Waals surface area contributed by atoms with Crippen LogP contribution >= 0.6 is 0 Å². The molecule has 0 saturated heterocycles. The lowest BCUT2D eigenvalue weighted by Crippen LogP contribution is -2.35. The number of rotatable bonds is 5. The molecule has 21 heavy (non-hydrogen) atoms. The van der Waals surface area contributed by atoms with E-state index in [0.29, 0.717) is 12.1 Å². The van der Waals surface area contributed by atoms with E-state index in [9.17, 15) is 0 Å². The molecule has 1 saturated carbocycles. The van der Waals surface area contributed by atoms with E-state index < -0.39 is 0 Å². The van der Waals surface area contributed by atoms with Gasteiger partial charge >= 0.3 is 0 Å². The Balaban J connectivity index is 2.07. The molecule has 1 aromatic heterocycles. The van der Waals surface area contributed by atoms with Crippen molar-refractivity contribution >= 4 is 5.82 Å². The van der Waals surface area contributed by atoms with Crippen LogP contribution in [0.2, 0.25) is 0 Å². The molecule has 1 aliphatic carbocycles. The Morgan fingerprint density at radius 1 is 1.24 bits per heavy atom. The molecule has 3 heteroatoms. The van der Waals surface area contributed by atoms with Crippen molar-refractivity contribution in [2.24, 2.45) is 5.92 Å². The van der Waals surface area contributed by atoms with Crippen LogP contribution in [0, 0.1) is 12.8 Å². The molecule has 0 aromatic carbocycles. The van der Waals surface area contributed by atoms with Crippen LogP contribution in [0.5, 0.6) is 0 Å². The van der Waals surface area contributed by atoms with Gasteiger partial charge in [-0.2, -0.15) is 0 Å². The van der Waals surface area contributed by atoms with Crippen LogP contribution in [-0.4, -0.2) is 24.1 Å². The summed E-state index contributed by atoms with van der Waals surface area (Å²) in [6.45, 7) is 9.76. The van der Waals surface area contributed by atoms with Crippen LogP contribution < -0.4 is 10.2 Å². The van der Waals surface area contributed by atoms with Gasteiger partial charge in [0, 0.05) is 31.4 Å². The molecule has 3 nitrogen and oxygen atoms in total. The number of aryl methyl sites for hydroxylation is 1. The highest BCUT2D eigenvalue weighted by Crippen LogP contribution is 2.29. The fourth-order valence-electron chi connectivity index (χ4n) is 3.14. The number of anilines is 1. The summed E-state index contributed by atoms with van der Waals surface area (Å²) in [6, 6.07) is 5.61. The predicted octanol–water partition coefficient (Wildman–Crippen LogP) is 3.90. The number of aromatic nitrogens is 1. The second-order valence-corrected chi connectivity index (χ2v) is 7.04. The molecule has 0 unspecified atom stereocenters. The minimum absolute atomic E-state index is 0.513. The van der Waals surface area contributed by atoms with E-state index >= 15 is 0 Å². The topological polar surface area (TPSA) is 28.2 Å². The summed E-state index contributed by atoms with van der Waals surface area (Å²) >= 11 is 0. The maximum atomic E-state index is 4.75. The highest BCUT2D eigenvalue weighted by molar-refractivity contribution is 5.43. The summed E-state index contributed by atoms with van der Waals surface area (Å²) in [5.41, 5.74) is 2.45. The Morgan fingerprint density at radius 3 is 2.52 bits per heavy atom. The quantitative estimate of drug-likeness (QED) is 0.891. The molecule has 1 aliphatic rings. The van der Waals surface area contributed by atoms with E-state index in [0.717, 1.165) is 24.0 Å². The lowest BCUT2D eigenvalue weighted by atomic mass is 9.87. The van der Waals surface area contributed by atoms with Crippen molar-refractivity contribution in [2.45, 2.75) is 72.0 Å². The number of hydrogen-bond acceptors (Lipinski definition) is 3. The third-order valence-corrected chi connectivity index (χ3v) is 4.61. The van der Waals surface area contributed by atoms with Gasteiger partial charge in [0.25, 0.3) is 0 Å². The number of hydrogen-bond donors (Lipinski definition) is 1. The van der Waals surface area contributed by atoms with Crippen molar-refractivity contribution in [3.63, 3.8) is 0 Å². The molecule has 1 N–H and O–H groups in total. The van der Waals surface area contributed by atoms with Crippen LogP contribution in [-0.2, 0) is 6.54 Å². The molecular weight excluding hydrogens is 258 g/mol. The molecule has 1 aromatic rings. The first kappa shape index (κ1) is 16.3. The predicted molar refractivity (Wildman–Crippen MR) is 90.8 cm³/mol. The molecule has 1 fully saturated rings. The summed E-state index contributed by atoms with van der Waals surface area (Å²) in [6.07, 6.45) is 5.30. The highest BCUT2D eigenvalue weighted by Gasteiger charge is 2.22. The maximum Gasteiger partial charge on any atom is 0.129 e. The van der Waals surface area contributed by atoms with Crippen molar-refractivity contribution in [3.8, 4) is 0 Å². The fraction of sp³-hybridized carbons (Fsp3) is 0.722. The average Bonchev–Trinajstić information content (AvgIpc) is 2.44. The Labute approximate surface area is 130 Å². The van der Waals surface area contributed by atoms with Crippen LogP contribution in [0.4, 0.5) is 5.82 Å². The Kier molecular flexibility index (Phi) is 5.63. The SMILES string of the molecule is Cc1cc(CNC(C)C)cc(N(C)C2CCC(C)CC2)n1. The first-order valence-electron chi connectivity index (χ1n) is 8.39. The van der Waals surface area contributed by atoms with Gasteiger partial charge in [0.05, 0.1) is 0 Å².